The Morgan fingerprint density at radius 1 is 1.17 bits per heavy atom. The zero-order valence-electron chi connectivity index (χ0n) is 17.3. The Bertz CT molecular complexity index is 883. The molecule has 0 bridgehead atoms. The molecule has 0 saturated carbocycles. The number of hydrogen-bond acceptors (Lipinski definition) is 6. The normalized spacial score (nSPS) is 10.1. The predicted octanol–water partition coefficient (Wildman–Crippen LogP) is 2.78. The number of aromatic hydroxyl groups is 1. The monoisotopic (exact) mass is 404 g/mol. The third-order valence-electron chi connectivity index (χ3n) is 4.14. The number of carboxylic acids is 1. The van der Waals surface area contributed by atoms with Crippen molar-refractivity contribution in [2.24, 2.45) is 0 Å². The van der Waals surface area contributed by atoms with E-state index in [-0.39, 0.29) is 11.4 Å². The molecule has 0 atom stereocenters. The highest BCUT2D eigenvalue weighted by Crippen LogP contribution is 2.15. The lowest BCUT2D eigenvalue weighted by Gasteiger charge is -2.14. The van der Waals surface area contributed by atoms with E-state index in [1.807, 2.05) is 6.92 Å². The molecule has 1 heterocycles. The minimum atomic E-state index is -0.833. The Balaban J connectivity index is 0.000000960. The number of hydrogen-bond donors (Lipinski definition) is 2. The number of aromatic nitrogens is 2. The molecule has 0 aliphatic heterocycles. The van der Waals surface area contributed by atoms with Crippen LogP contribution >= 0.6 is 0 Å². The Morgan fingerprint density at radius 2 is 1.76 bits per heavy atom. The lowest BCUT2D eigenvalue weighted by atomic mass is 10.1. The van der Waals surface area contributed by atoms with Gasteiger partial charge in [0, 0.05) is 13.3 Å². The molecule has 2 rings (SSSR count). The van der Waals surface area contributed by atoms with Crippen LogP contribution in [0.1, 0.15) is 60.9 Å². The second kappa shape index (κ2) is 11.6. The highest BCUT2D eigenvalue weighted by Gasteiger charge is 2.15. The maximum absolute atomic E-state index is 12.7. The molecule has 0 aliphatic carbocycles. The number of ether oxygens (including phenoxy) is 1. The van der Waals surface area contributed by atoms with Gasteiger partial charge in [-0.3, -0.25) is 14.2 Å². The standard InChI is InChI=1S/C19H24N2O4.C2H4O2/c1-4-6-7-16-20-17(22)15(5-2)18(23)21(16)12-13-8-10-14(11-9-13)19(24)25-3;1-2(3)4/h8-11,22H,4-7,12H2,1-3H3;1H3,(H,3,4). The van der Waals surface area contributed by atoms with Crippen LogP contribution in [-0.4, -0.2) is 38.8 Å². The molecular weight excluding hydrogens is 376 g/mol. The maximum Gasteiger partial charge on any atom is 0.337 e. The lowest BCUT2D eigenvalue weighted by Crippen LogP contribution is -2.28. The van der Waals surface area contributed by atoms with Gasteiger partial charge in [-0.25, -0.2) is 4.79 Å². The van der Waals surface area contributed by atoms with Crippen LogP contribution < -0.4 is 5.56 Å². The molecule has 0 amide bonds. The van der Waals surface area contributed by atoms with Crippen LogP contribution in [-0.2, 0) is 28.9 Å². The SMILES string of the molecule is CC(=O)O.CCCCc1nc(O)c(CC)c(=O)n1Cc1ccc(C(=O)OC)cc1. The van der Waals surface area contributed by atoms with E-state index < -0.39 is 11.9 Å². The Hall–Kier alpha value is -3.16. The van der Waals surface area contributed by atoms with Crippen LogP contribution in [0.2, 0.25) is 0 Å². The molecule has 0 unspecified atom stereocenters. The van der Waals surface area contributed by atoms with Gasteiger partial charge in [0.2, 0.25) is 5.88 Å². The average molecular weight is 404 g/mol. The molecule has 1 aromatic heterocycles. The molecule has 2 aromatic rings. The fourth-order valence-electron chi connectivity index (χ4n) is 2.67. The summed E-state index contributed by atoms with van der Waals surface area (Å²) in [6, 6.07) is 6.93. The van der Waals surface area contributed by atoms with E-state index >= 15 is 0 Å². The van der Waals surface area contributed by atoms with E-state index in [2.05, 4.69) is 16.6 Å². The molecule has 2 N–H and O–H groups in total. The minimum absolute atomic E-state index is 0.170. The van der Waals surface area contributed by atoms with Crippen molar-refractivity contribution in [1.82, 2.24) is 9.55 Å². The molecule has 0 radical (unpaired) electrons. The molecule has 158 valence electrons. The summed E-state index contributed by atoms with van der Waals surface area (Å²) in [5, 5.41) is 17.4. The quantitative estimate of drug-likeness (QED) is 0.681. The lowest BCUT2D eigenvalue weighted by molar-refractivity contribution is -0.134. The summed E-state index contributed by atoms with van der Waals surface area (Å²) >= 11 is 0. The van der Waals surface area contributed by atoms with Crippen LogP contribution in [0.25, 0.3) is 0 Å². The van der Waals surface area contributed by atoms with E-state index in [1.165, 1.54) is 7.11 Å². The average Bonchev–Trinajstić information content (AvgIpc) is 2.68. The van der Waals surface area contributed by atoms with Crippen molar-refractivity contribution in [3.63, 3.8) is 0 Å². The number of benzene rings is 1. The van der Waals surface area contributed by atoms with Crippen molar-refractivity contribution >= 4 is 11.9 Å². The zero-order valence-corrected chi connectivity index (χ0v) is 17.3. The molecule has 29 heavy (non-hydrogen) atoms. The molecule has 0 spiro atoms. The number of aryl methyl sites for hydroxylation is 1. The Labute approximate surface area is 169 Å². The summed E-state index contributed by atoms with van der Waals surface area (Å²) in [4.78, 5) is 37.5. The Morgan fingerprint density at radius 3 is 2.24 bits per heavy atom. The predicted molar refractivity (Wildman–Crippen MR) is 108 cm³/mol. The van der Waals surface area contributed by atoms with Crippen molar-refractivity contribution in [1.29, 1.82) is 0 Å². The van der Waals surface area contributed by atoms with Crippen LogP contribution in [0.4, 0.5) is 0 Å². The highest BCUT2D eigenvalue weighted by atomic mass is 16.5. The van der Waals surface area contributed by atoms with Gasteiger partial charge in [0.05, 0.1) is 24.8 Å². The first-order chi connectivity index (χ1) is 13.7. The third kappa shape index (κ3) is 7.06. The summed E-state index contributed by atoms with van der Waals surface area (Å²) in [6.07, 6.45) is 2.91. The number of unbranched alkanes of at least 4 members (excludes halogenated alkanes) is 1. The molecular formula is C21H28N2O6. The summed E-state index contributed by atoms with van der Waals surface area (Å²) in [6.45, 7) is 5.31. The van der Waals surface area contributed by atoms with Crippen LogP contribution in [0.3, 0.4) is 0 Å². The number of carbonyl (C=O) groups excluding carboxylic acids is 1. The number of aliphatic carboxylic acids is 1. The van der Waals surface area contributed by atoms with E-state index in [0.29, 0.717) is 36.3 Å². The number of carboxylic acid groups (broad SMARTS) is 1. The van der Waals surface area contributed by atoms with Gasteiger partial charge in [-0.2, -0.15) is 4.98 Å². The van der Waals surface area contributed by atoms with E-state index in [1.54, 1.807) is 28.8 Å². The first-order valence-electron chi connectivity index (χ1n) is 9.43. The van der Waals surface area contributed by atoms with Gasteiger partial charge in [-0.15, -0.1) is 0 Å². The number of nitrogens with zero attached hydrogens (tertiary/aromatic N) is 2. The molecule has 0 saturated heterocycles. The van der Waals surface area contributed by atoms with Crippen molar-refractivity contribution in [3.05, 3.63) is 57.1 Å². The van der Waals surface area contributed by atoms with Crippen molar-refractivity contribution in [2.75, 3.05) is 7.11 Å². The summed E-state index contributed by atoms with van der Waals surface area (Å²) in [5.41, 5.74) is 1.45. The van der Waals surface area contributed by atoms with Gasteiger partial charge in [0.25, 0.3) is 11.5 Å². The summed E-state index contributed by atoms with van der Waals surface area (Å²) in [5.74, 6) is -0.818. The fourth-order valence-corrected chi connectivity index (χ4v) is 2.67. The zero-order chi connectivity index (χ0) is 22.0. The van der Waals surface area contributed by atoms with Gasteiger partial charge >= 0.3 is 5.97 Å². The molecule has 0 aliphatic rings. The van der Waals surface area contributed by atoms with Crippen LogP contribution in [0.5, 0.6) is 5.88 Å². The van der Waals surface area contributed by atoms with Crippen molar-refractivity contribution in [3.8, 4) is 5.88 Å². The topological polar surface area (TPSA) is 119 Å². The van der Waals surface area contributed by atoms with Crippen molar-refractivity contribution in [2.45, 2.75) is 53.0 Å². The van der Waals surface area contributed by atoms with Gasteiger partial charge in [-0.05, 0) is 30.5 Å². The molecule has 1 aromatic carbocycles. The number of esters is 1. The van der Waals surface area contributed by atoms with Crippen LogP contribution in [0, 0.1) is 0 Å². The van der Waals surface area contributed by atoms with E-state index in [9.17, 15) is 14.7 Å². The van der Waals surface area contributed by atoms with E-state index in [0.717, 1.165) is 25.3 Å². The van der Waals surface area contributed by atoms with Gasteiger partial charge < -0.3 is 14.9 Å². The first-order valence-corrected chi connectivity index (χ1v) is 9.43. The van der Waals surface area contributed by atoms with Gasteiger partial charge in [0.15, 0.2) is 0 Å². The number of rotatable bonds is 7. The number of methoxy groups -OCH3 is 1. The van der Waals surface area contributed by atoms with Gasteiger partial charge in [-0.1, -0.05) is 32.4 Å². The number of carbonyl (C=O) groups is 2. The van der Waals surface area contributed by atoms with Crippen molar-refractivity contribution < 1.29 is 24.5 Å². The summed E-state index contributed by atoms with van der Waals surface area (Å²) < 4.78 is 6.30. The van der Waals surface area contributed by atoms with Gasteiger partial charge in [0.1, 0.15) is 5.82 Å². The summed E-state index contributed by atoms with van der Waals surface area (Å²) in [7, 11) is 1.34. The molecule has 0 fully saturated rings. The van der Waals surface area contributed by atoms with Crippen LogP contribution in [0.15, 0.2) is 29.1 Å². The minimum Gasteiger partial charge on any atom is -0.493 e. The second-order valence-corrected chi connectivity index (χ2v) is 6.39. The first kappa shape index (κ1) is 23.9. The maximum atomic E-state index is 12.7. The third-order valence-corrected chi connectivity index (χ3v) is 4.14. The highest BCUT2D eigenvalue weighted by molar-refractivity contribution is 5.89. The largest absolute Gasteiger partial charge is 0.493 e. The second-order valence-electron chi connectivity index (χ2n) is 6.39. The van der Waals surface area contributed by atoms with E-state index in [4.69, 9.17) is 9.90 Å². The fraction of sp³-hybridized carbons (Fsp3) is 0.429. The molecule has 8 nitrogen and oxygen atoms in total. The Kier molecular flexibility index (Phi) is 9.58. The molecule has 8 heteroatoms. The smallest absolute Gasteiger partial charge is 0.337 e.